The summed E-state index contributed by atoms with van der Waals surface area (Å²) < 4.78 is 10.6. The molecule has 0 saturated heterocycles. The minimum atomic E-state index is -0.836. The predicted octanol–water partition coefficient (Wildman–Crippen LogP) is 11.1. The van der Waals surface area contributed by atoms with Crippen molar-refractivity contribution in [3.8, 4) is 0 Å². The van der Waals surface area contributed by atoms with Gasteiger partial charge in [-0.2, -0.15) is 0 Å². The van der Waals surface area contributed by atoms with Crippen LogP contribution >= 0.6 is 0 Å². The Hall–Kier alpha value is -2.25. The van der Waals surface area contributed by atoms with E-state index in [4.69, 9.17) is 9.47 Å². The number of unbranched alkanes of at least 4 members (excludes halogenated alkanes) is 18. The Kier molecular flexibility index (Phi) is 30.6. The molecule has 0 aliphatic heterocycles. The van der Waals surface area contributed by atoms with Gasteiger partial charge >= 0.3 is 11.9 Å². The number of carbonyl (C=O) groups excluding carboxylic acids is 3. The number of esters is 2. The molecule has 4 atom stereocenters. The van der Waals surface area contributed by atoms with Crippen molar-refractivity contribution in [1.82, 2.24) is 0 Å². The Bertz CT molecular complexity index is 984. The summed E-state index contributed by atoms with van der Waals surface area (Å²) >= 11 is 0. The van der Waals surface area contributed by atoms with E-state index in [1.807, 2.05) is 24.3 Å². The van der Waals surface area contributed by atoms with Crippen LogP contribution in [0, 0.1) is 17.8 Å². The lowest BCUT2D eigenvalue weighted by atomic mass is 9.90. The van der Waals surface area contributed by atoms with Crippen LogP contribution in [0.3, 0.4) is 0 Å². The van der Waals surface area contributed by atoms with E-state index in [1.165, 1.54) is 89.9 Å². The molecule has 1 aliphatic rings. The minimum Gasteiger partial charge on any atom is -0.462 e. The lowest BCUT2D eigenvalue weighted by molar-refractivity contribution is -0.161. The number of hydrogen-bond donors (Lipinski definition) is 2. The molecule has 0 aromatic heterocycles. The van der Waals surface area contributed by atoms with Crippen molar-refractivity contribution >= 4 is 17.7 Å². The Labute approximate surface area is 318 Å². The SMILES string of the molecule is CCCCC[C@H](O)/C=C/[C@H]1C(=O)C=C[C@@H]1C/C=C\CCCC(=O)OC[C@H](CO)OC(=O)CCCCCCCCCCCCCCCCCCC(C)C. The average molecular weight is 731 g/mol. The quantitative estimate of drug-likeness (QED) is 0.0379. The van der Waals surface area contributed by atoms with Crippen LogP contribution in [-0.4, -0.2) is 53.4 Å². The van der Waals surface area contributed by atoms with Gasteiger partial charge in [0.2, 0.25) is 0 Å². The van der Waals surface area contributed by atoms with Crippen LogP contribution in [-0.2, 0) is 23.9 Å². The first-order valence-corrected chi connectivity index (χ1v) is 21.5. The number of ketones is 1. The van der Waals surface area contributed by atoms with Crippen molar-refractivity contribution in [3.63, 3.8) is 0 Å². The molecule has 7 heteroatoms. The standard InChI is InChI=1S/C45H78O7/c1-4-5-22-29-40(47)33-34-42-39(32-35-43(42)48)28-24-20-21-25-30-44(49)51-37-41(36-46)52-45(50)31-26-19-17-15-13-11-9-7-6-8-10-12-14-16-18-23-27-38(2)3/h20,24,32-35,38-42,46-47H,4-19,21-23,25-31,36-37H2,1-3H3/b24-20-,34-33+/t39-,40-,41-,42+/m0/s1. The maximum atomic E-state index is 12.3. The van der Waals surface area contributed by atoms with Crippen molar-refractivity contribution < 1.29 is 34.1 Å². The molecule has 7 nitrogen and oxygen atoms in total. The van der Waals surface area contributed by atoms with Gasteiger partial charge in [0, 0.05) is 18.8 Å². The zero-order valence-corrected chi connectivity index (χ0v) is 33.6. The van der Waals surface area contributed by atoms with Gasteiger partial charge in [0.25, 0.3) is 0 Å². The van der Waals surface area contributed by atoms with Crippen LogP contribution in [0.4, 0.5) is 0 Å². The number of allylic oxidation sites excluding steroid dienone is 5. The number of hydrogen-bond acceptors (Lipinski definition) is 7. The highest BCUT2D eigenvalue weighted by Gasteiger charge is 2.27. The third kappa shape index (κ3) is 27.4. The summed E-state index contributed by atoms with van der Waals surface area (Å²) in [5.74, 6) is 0.0288. The van der Waals surface area contributed by atoms with Gasteiger partial charge in [0.15, 0.2) is 11.9 Å². The molecule has 0 unspecified atom stereocenters. The normalized spacial score (nSPS) is 17.2. The second-order valence-electron chi connectivity index (χ2n) is 15.6. The number of carbonyl (C=O) groups is 3. The van der Waals surface area contributed by atoms with Crippen molar-refractivity contribution in [1.29, 1.82) is 0 Å². The van der Waals surface area contributed by atoms with Crippen LogP contribution in [0.15, 0.2) is 36.5 Å². The highest BCUT2D eigenvalue weighted by atomic mass is 16.6. The third-order valence-corrected chi connectivity index (χ3v) is 10.1. The van der Waals surface area contributed by atoms with E-state index >= 15 is 0 Å². The summed E-state index contributed by atoms with van der Waals surface area (Å²) in [6.07, 6.45) is 38.3. The number of ether oxygens (including phenoxy) is 2. The number of rotatable bonds is 35. The maximum absolute atomic E-state index is 12.3. The van der Waals surface area contributed by atoms with Crippen molar-refractivity contribution in [3.05, 3.63) is 36.5 Å². The molecule has 2 N–H and O–H groups in total. The lowest BCUT2D eigenvalue weighted by Gasteiger charge is -2.15. The molecule has 52 heavy (non-hydrogen) atoms. The highest BCUT2D eigenvalue weighted by molar-refractivity contribution is 5.95. The molecule has 0 bridgehead atoms. The molecule has 0 spiro atoms. The molecule has 0 aromatic rings. The van der Waals surface area contributed by atoms with E-state index in [0.29, 0.717) is 19.3 Å². The summed E-state index contributed by atoms with van der Waals surface area (Å²) in [5, 5.41) is 19.8. The summed E-state index contributed by atoms with van der Waals surface area (Å²) in [6.45, 7) is 6.24. The topological polar surface area (TPSA) is 110 Å². The lowest BCUT2D eigenvalue weighted by Crippen LogP contribution is -2.28. The van der Waals surface area contributed by atoms with Crippen molar-refractivity contribution in [2.24, 2.45) is 17.8 Å². The number of aliphatic hydroxyl groups excluding tert-OH is 2. The predicted molar refractivity (Wildman–Crippen MR) is 214 cm³/mol. The molecule has 0 radical (unpaired) electrons. The molecule has 1 aliphatic carbocycles. The molecule has 0 heterocycles. The molecule has 1 rings (SSSR count). The maximum Gasteiger partial charge on any atom is 0.306 e. The van der Waals surface area contributed by atoms with E-state index in [2.05, 4.69) is 20.8 Å². The van der Waals surface area contributed by atoms with Gasteiger partial charge in [-0.1, -0.05) is 173 Å². The highest BCUT2D eigenvalue weighted by Crippen LogP contribution is 2.27. The fourth-order valence-electron chi connectivity index (χ4n) is 6.73. The first kappa shape index (κ1) is 47.8. The van der Waals surface area contributed by atoms with Crippen molar-refractivity contribution in [2.75, 3.05) is 13.2 Å². The zero-order valence-electron chi connectivity index (χ0n) is 33.6. The second-order valence-corrected chi connectivity index (χ2v) is 15.6. The van der Waals surface area contributed by atoms with Crippen LogP contribution in [0.25, 0.3) is 0 Å². The van der Waals surface area contributed by atoms with Crippen molar-refractivity contribution in [2.45, 2.75) is 200 Å². The fourth-order valence-corrected chi connectivity index (χ4v) is 6.73. The van der Waals surface area contributed by atoms with Gasteiger partial charge in [-0.15, -0.1) is 0 Å². The van der Waals surface area contributed by atoms with Crippen LogP contribution in [0.1, 0.15) is 188 Å². The molecule has 0 amide bonds. The summed E-state index contributed by atoms with van der Waals surface area (Å²) in [4.78, 5) is 36.7. The van der Waals surface area contributed by atoms with E-state index in [0.717, 1.165) is 57.3 Å². The van der Waals surface area contributed by atoms with Crippen LogP contribution < -0.4 is 0 Å². The Balaban J connectivity index is 2.01. The molecule has 0 saturated carbocycles. The molecular formula is C45H78O7. The van der Waals surface area contributed by atoms with Crippen LogP contribution in [0.5, 0.6) is 0 Å². The van der Waals surface area contributed by atoms with Gasteiger partial charge in [-0.05, 0) is 50.0 Å². The smallest absolute Gasteiger partial charge is 0.306 e. The largest absolute Gasteiger partial charge is 0.462 e. The van der Waals surface area contributed by atoms with Gasteiger partial charge in [-0.3, -0.25) is 14.4 Å². The van der Waals surface area contributed by atoms with Crippen LogP contribution in [0.2, 0.25) is 0 Å². The third-order valence-electron chi connectivity index (χ3n) is 10.1. The Morgan fingerprint density at radius 1 is 0.750 bits per heavy atom. The average Bonchev–Trinajstić information content (AvgIpc) is 3.48. The fraction of sp³-hybridized carbons (Fsp3) is 0.800. The summed E-state index contributed by atoms with van der Waals surface area (Å²) in [5.41, 5.74) is 0. The molecule has 0 fully saturated rings. The van der Waals surface area contributed by atoms with E-state index < -0.39 is 12.2 Å². The van der Waals surface area contributed by atoms with E-state index in [9.17, 15) is 24.6 Å². The second kappa shape index (κ2) is 33.3. The molecule has 300 valence electrons. The Morgan fingerprint density at radius 3 is 1.88 bits per heavy atom. The molecule has 0 aromatic carbocycles. The zero-order chi connectivity index (χ0) is 38.1. The first-order valence-electron chi connectivity index (χ1n) is 21.5. The van der Waals surface area contributed by atoms with E-state index in [-0.39, 0.29) is 49.2 Å². The van der Waals surface area contributed by atoms with Gasteiger partial charge in [-0.25, -0.2) is 0 Å². The summed E-state index contributed by atoms with van der Waals surface area (Å²) in [6, 6.07) is 0. The van der Waals surface area contributed by atoms with Gasteiger partial charge < -0.3 is 19.7 Å². The number of aliphatic hydroxyl groups is 2. The summed E-state index contributed by atoms with van der Waals surface area (Å²) in [7, 11) is 0. The Morgan fingerprint density at radius 2 is 1.31 bits per heavy atom. The van der Waals surface area contributed by atoms with E-state index in [1.54, 1.807) is 12.2 Å². The molecular weight excluding hydrogens is 652 g/mol. The van der Waals surface area contributed by atoms with Gasteiger partial charge in [0.05, 0.1) is 12.7 Å². The first-order chi connectivity index (χ1) is 25.3. The monoisotopic (exact) mass is 731 g/mol. The minimum absolute atomic E-state index is 0.0745. The van der Waals surface area contributed by atoms with Gasteiger partial charge in [0.1, 0.15) is 6.61 Å².